The molecule has 0 spiro atoms. The largest absolute Gasteiger partial charge is 0.376 e. The van der Waals surface area contributed by atoms with E-state index in [-0.39, 0.29) is 17.4 Å². The number of aromatic nitrogens is 2. The van der Waals surface area contributed by atoms with Crippen LogP contribution in [0.15, 0.2) is 54.7 Å². The lowest BCUT2D eigenvalue weighted by Gasteiger charge is -2.25. The molecule has 0 bridgehead atoms. The smallest absolute Gasteiger partial charge is 0.272 e. The number of halogens is 1. The van der Waals surface area contributed by atoms with Crippen molar-refractivity contribution in [2.45, 2.75) is 31.8 Å². The molecule has 4 rings (SSSR count). The standard InChI is InChI=1S/C20H19FN4O2/c21-17-11-15(25(26)27)9-10-19(17)23-18-7-4-8-20-16(18)12-22-24(20)13-14-5-2-1-3-6-14/h1-3,5-6,9-12,18,23H,4,7-8,13H2. The Morgan fingerprint density at radius 3 is 2.81 bits per heavy atom. The van der Waals surface area contributed by atoms with Crippen molar-refractivity contribution in [1.29, 1.82) is 0 Å². The van der Waals surface area contributed by atoms with E-state index in [9.17, 15) is 14.5 Å². The van der Waals surface area contributed by atoms with Crippen LogP contribution >= 0.6 is 0 Å². The highest BCUT2D eigenvalue weighted by Crippen LogP contribution is 2.34. The van der Waals surface area contributed by atoms with E-state index in [1.165, 1.54) is 17.7 Å². The van der Waals surface area contributed by atoms with Crippen molar-refractivity contribution >= 4 is 11.4 Å². The van der Waals surface area contributed by atoms with E-state index < -0.39 is 10.7 Å². The van der Waals surface area contributed by atoms with Gasteiger partial charge in [0.1, 0.15) is 0 Å². The van der Waals surface area contributed by atoms with E-state index in [1.807, 2.05) is 29.1 Å². The van der Waals surface area contributed by atoms with Crippen LogP contribution in [0.25, 0.3) is 0 Å². The highest BCUT2D eigenvalue weighted by molar-refractivity contribution is 5.52. The van der Waals surface area contributed by atoms with Crippen molar-refractivity contribution in [3.8, 4) is 0 Å². The third-order valence-electron chi connectivity index (χ3n) is 4.93. The van der Waals surface area contributed by atoms with Gasteiger partial charge in [0.25, 0.3) is 5.69 Å². The van der Waals surface area contributed by atoms with Crippen molar-refractivity contribution in [1.82, 2.24) is 9.78 Å². The molecule has 138 valence electrons. The van der Waals surface area contributed by atoms with Gasteiger partial charge in [-0.25, -0.2) is 4.39 Å². The van der Waals surface area contributed by atoms with Gasteiger partial charge in [-0.05, 0) is 30.9 Å². The number of benzene rings is 2. The topological polar surface area (TPSA) is 73.0 Å². The maximum Gasteiger partial charge on any atom is 0.272 e. The van der Waals surface area contributed by atoms with Crippen LogP contribution in [0.2, 0.25) is 0 Å². The third kappa shape index (κ3) is 3.53. The summed E-state index contributed by atoms with van der Waals surface area (Å²) in [4.78, 5) is 10.2. The van der Waals surface area contributed by atoms with Gasteiger partial charge < -0.3 is 5.32 Å². The maximum absolute atomic E-state index is 14.2. The van der Waals surface area contributed by atoms with Gasteiger partial charge in [-0.1, -0.05) is 30.3 Å². The molecule has 2 aromatic carbocycles. The van der Waals surface area contributed by atoms with Gasteiger partial charge in [0, 0.05) is 17.3 Å². The van der Waals surface area contributed by atoms with Gasteiger partial charge in [-0.2, -0.15) is 5.10 Å². The normalized spacial score (nSPS) is 16.0. The SMILES string of the molecule is O=[N+]([O-])c1ccc(NC2CCCc3c2cnn3Cc2ccccc2)c(F)c1. The summed E-state index contributed by atoms with van der Waals surface area (Å²) >= 11 is 0. The zero-order valence-corrected chi connectivity index (χ0v) is 14.6. The Kier molecular flexibility index (Phi) is 4.58. The Labute approximate surface area is 155 Å². The molecule has 7 heteroatoms. The number of rotatable bonds is 5. The molecule has 0 radical (unpaired) electrons. The van der Waals surface area contributed by atoms with Crippen molar-refractivity contribution in [3.63, 3.8) is 0 Å². The summed E-state index contributed by atoms with van der Waals surface area (Å²) in [5.41, 5.74) is 3.42. The molecule has 1 unspecified atom stereocenters. The molecule has 27 heavy (non-hydrogen) atoms. The number of anilines is 1. The first-order chi connectivity index (χ1) is 13.1. The first kappa shape index (κ1) is 17.2. The van der Waals surface area contributed by atoms with E-state index in [4.69, 9.17) is 0 Å². The molecular formula is C20H19FN4O2. The quantitative estimate of drug-likeness (QED) is 0.534. The summed E-state index contributed by atoms with van der Waals surface area (Å²) in [7, 11) is 0. The predicted octanol–water partition coefficient (Wildman–Crippen LogP) is 4.47. The Hall–Kier alpha value is -3.22. The molecule has 1 aromatic heterocycles. The van der Waals surface area contributed by atoms with Gasteiger partial charge in [-0.3, -0.25) is 14.8 Å². The first-order valence-electron chi connectivity index (χ1n) is 8.91. The van der Waals surface area contributed by atoms with E-state index in [0.29, 0.717) is 6.54 Å². The van der Waals surface area contributed by atoms with E-state index in [0.717, 1.165) is 36.6 Å². The molecule has 1 heterocycles. The molecular weight excluding hydrogens is 347 g/mol. The van der Waals surface area contributed by atoms with E-state index in [1.54, 1.807) is 0 Å². The van der Waals surface area contributed by atoms with Crippen LogP contribution in [0.5, 0.6) is 0 Å². The molecule has 0 aliphatic heterocycles. The lowest BCUT2D eigenvalue weighted by atomic mass is 9.92. The highest BCUT2D eigenvalue weighted by atomic mass is 19.1. The fourth-order valence-corrected chi connectivity index (χ4v) is 3.58. The minimum atomic E-state index is -0.618. The summed E-state index contributed by atoms with van der Waals surface area (Å²) < 4.78 is 16.3. The number of nitro groups is 1. The van der Waals surface area contributed by atoms with Crippen LogP contribution in [-0.4, -0.2) is 14.7 Å². The summed E-state index contributed by atoms with van der Waals surface area (Å²) in [5.74, 6) is -0.618. The highest BCUT2D eigenvalue weighted by Gasteiger charge is 2.25. The Balaban J connectivity index is 1.56. The van der Waals surface area contributed by atoms with Crippen LogP contribution in [0.3, 0.4) is 0 Å². The zero-order chi connectivity index (χ0) is 18.8. The second kappa shape index (κ2) is 7.19. The number of non-ortho nitro benzene ring substituents is 1. The predicted molar refractivity (Wildman–Crippen MR) is 100 cm³/mol. The second-order valence-electron chi connectivity index (χ2n) is 6.70. The first-order valence-corrected chi connectivity index (χ1v) is 8.91. The summed E-state index contributed by atoms with van der Waals surface area (Å²) in [6, 6.07) is 13.8. The minimum absolute atomic E-state index is 0.0609. The number of hydrogen-bond donors (Lipinski definition) is 1. The van der Waals surface area contributed by atoms with Crippen molar-refractivity contribution in [2.24, 2.45) is 0 Å². The molecule has 0 amide bonds. The van der Waals surface area contributed by atoms with Crippen molar-refractivity contribution in [2.75, 3.05) is 5.32 Å². The van der Waals surface area contributed by atoms with Crippen LogP contribution < -0.4 is 5.32 Å². The lowest BCUT2D eigenvalue weighted by molar-refractivity contribution is -0.385. The molecule has 0 fully saturated rings. The maximum atomic E-state index is 14.2. The van der Waals surface area contributed by atoms with Gasteiger partial charge in [0.2, 0.25) is 0 Å². The molecule has 1 N–H and O–H groups in total. The zero-order valence-electron chi connectivity index (χ0n) is 14.6. The number of nitrogens with one attached hydrogen (secondary N) is 1. The summed E-state index contributed by atoms with van der Waals surface area (Å²) in [6.45, 7) is 0.703. The molecule has 1 aliphatic rings. The molecule has 0 saturated heterocycles. The van der Waals surface area contributed by atoms with E-state index >= 15 is 0 Å². The lowest BCUT2D eigenvalue weighted by Crippen LogP contribution is -2.19. The van der Waals surface area contributed by atoms with Crippen LogP contribution in [0.4, 0.5) is 15.8 Å². The molecule has 1 aliphatic carbocycles. The average molecular weight is 366 g/mol. The molecule has 1 atom stereocenters. The van der Waals surface area contributed by atoms with Crippen LogP contribution in [0, 0.1) is 15.9 Å². The fraction of sp³-hybridized carbons (Fsp3) is 0.250. The van der Waals surface area contributed by atoms with E-state index in [2.05, 4.69) is 22.5 Å². The van der Waals surface area contributed by atoms with Gasteiger partial charge >= 0.3 is 0 Å². The van der Waals surface area contributed by atoms with Crippen molar-refractivity contribution < 1.29 is 9.31 Å². The third-order valence-corrected chi connectivity index (χ3v) is 4.93. The number of nitrogens with zero attached hydrogens (tertiary/aromatic N) is 3. The Bertz CT molecular complexity index is 971. The number of nitro benzene ring substituents is 1. The fourth-order valence-electron chi connectivity index (χ4n) is 3.58. The van der Waals surface area contributed by atoms with Gasteiger partial charge in [0.05, 0.1) is 35.5 Å². The Morgan fingerprint density at radius 2 is 2.07 bits per heavy atom. The monoisotopic (exact) mass is 366 g/mol. The number of fused-ring (bicyclic) bond motifs is 1. The Morgan fingerprint density at radius 1 is 1.26 bits per heavy atom. The minimum Gasteiger partial charge on any atom is -0.376 e. The molecule has 3 aromatic rings. The average Bonchev–Trinajstić information content (AvgIpc) is 3.08. The molecule has 0 saturated carbocycles. The number of hydrogen-bond acceptors (Lipinski definition) is 4. The van der Waals surface area contributed by atoms with Crippen LogP contribution in [-0.2, 0) is 13.0 Å². The van der Waals surface area contributed by atoms with Gasteiger partial charge in [0.15, 0.2) is 5.82 Å². The second-order valence-corrected chi connectivity index (χ2v) is 6.70. The summed E-state index contributed by atoms with van der Waals surface area (Å²) in [5, 5.41) is 18.5. The summed E-state index contributed by atoms with van der Waals surface area (Å²) in [6.07, 6.45) is 4.61. The van der Waals surface area contributed by atoms with Gasteiger partial charge in [-0.15, -0.1) is 0 Å². The van der Waals surface area contributed by atoms with Crippen molar-refractivity contribution in [3.05, 3.63) is 87.5 Å². The van der Waals surface area contributed by atoms with Crippen LogP contribution in [0.1, 0.15) is 35.7 Å². The molecule has 6 nitrogen and oxygen atoms in total.